The molecule has 0 saturated heterocycles. The predicted octanol–water partition coefficient (Wildman–Crippen LogP) is 4.53. The summed E-state index contributed by atoms with van der Waals surface area (Å²) in [5.74, 6) is -0.0912. The van der Waals surface area contributed by atoms with E-state index in [9.17, 15) is 22.8 Å². The van der Waals surface area contributed by atoms with E-state index in [0.717, 1.165) is 43.0 Å². The SMILES string of the molecule is C[C@H](Nc1ncnc2c(C(F)(F)F)cc(Cl)cc12)c1ncnn1-c1cc(N(C(=O)C2CC2)C(=O)C2CC2)ncn1. The van der Waals surface area contributed by atoms with Gasteiger partial charge in [-0.2, -0.15) is 23.0 Å². The molecule has 206 valence electrons. The van der Waals surface area contributed by atoms with Crippen LogP contribution in [0.2, 0.25) is 5.02 Å². The maximum Gasteiger partial charge on any atom is 0.418 e. The van der Waals surface area contributed by atoms with Gasteiger partial charge in [0.25, 0.3) is 0 Å². The molecule has 0 unspecified atom stereocenters. The molecule has 3 heterocycles. The first-order valence-electron chi connectivity index (χ1n) is 12.5. The lowest BCUT2D eigenvalue weighted by atomic mass is 10.1. The van der Waals surface area contributed by atoms with Crippen molar-refractivity contribution in [3.8, 4) is 5.82 Å². The minimum absolute atomic E-state index is 0.0809. The summed E-state index contributed by atoms with van der Waals surface area (Å²) in [5, 5.41) is 7.27. The van der Waals surface area contributed by atoms with Gasteiger partial charge in [0.05, 0.1) is 17.1 Å². The van der Waals surface area contributed by atoms with Gasteiger partial charge in [0.2, 0.25) is 11.8 Å². The van der Waals surface area contributed by atoms with Crippen LogP contribution in [-0.2, 0) is 15.8 Å². The number of anilines is 2. The predicted molar refractivity (Wildman–Crippen MR) is 136 cm³/mol. The fraction of sp³-hybridized carbons (Fsp3) is 0.360. The molecule has 2 aliphatic carbocycles. The number of hydrogen-bond donors (Lipinski definition) is 1. The fourth-order valence-electron chi connectivity index (χ4n) is 4.39. The smallest absolute Gasteiger partial charge is 0.360 e. The lowest BCUT2D eigenvalue weighted by Crippen LogP contribution is -2.39. The van der Waals surface area contributed by atoms with Crippen molar-refractivity contribution in [3.63, 3.8) is 0 Å². The van der Waals surface area contributed by atoms with Crippen LogP contribution in [0.4, 0.5) is 24.8 Å². The van der Waals surface area contributed by atoms with Crippen molar-refractivity contribution in [2.75, 3.05) is 10.2 Å². The van der Waals surface area contributed by atoms with E-state index in [1.165, 1.54) is 29.5 Å². The number of rotatable bonds is 7. The lowest BCUT2D eigenvalue weighted by Gasteiger charge is -2.20. The summed E-state index contributed by atoms with van der Waals surface area (Å²) in [4.78, 5) is 47.8. The molecule has 0 aliphatic heterocycles. The van der Waals surface area contributed by atoms with Crippen LogP contribution in [0, 0.1) is 11.8 Å². The molecule has 0 spiro atoms. The summed E-state index contributed by atoms with van der Waals surface area (Å²) in [6.07, 6.45) is 1.81. The van der Waals surface area contributed by atoms with Crippen LogP contribution in [0.15, 0.2) is 37.2 Å². The topological polar surface area (TPSA) is 132 Å². The molecule has 1 N–H and O–H groups in total. The Kier molecular flexibility index (Phi) is 6.36. The highest BCUT2D eigenvalue weighted by molar-refractivity contribution is 6.31. The number of nitrogens with zero attached hydrogens (tertiary/aromatic N) is 8. The molecule has 6 rings (SSSR count). The van der Waals surface area contributed by atoms with Crippen LogP contribution in [0.25, 0.3) is 16.7 Å². The number of carbonyl (C=O) groups is 2. The standard InChI is InChI=1S/C25H21ClF3N9O2/c1-12(36-21-16-6-15(26)7-17(25(27,28)29)20(16)32-10-33-21)22-34-11-35-38(22)19-8-18(30-9-31-19)37(23(39)13-2-3-13)24(40)14-4-5-14/h6-14H,2-5H2,1H3,(H,32,33,36)/t12-/m0/s1. The van der Waals surface area contributed by atoms with E-state index in [1.807, 2.05) is 0 Å². The number of hydrogen-bond acceptors (Lipinski definition) is 9. The number of carbonyl (C=O) groups excluding carboxylic acids is 2. The van der Waals surface area contributed by atoms with Gasteiger partial charge in [-0.3, -0.25) is 9.59 Å². The van der Waals surface area contributed by atoms with E-state index in [1.54, 1.807) is 6.92 Å². The number of imide groups is 1. The lowest BCUT2D eigenvalue weighted by molar-refractivity contribution is -0.136. The Hall–Kier alpha value is -4.20. The van der Waals surface area contributed by atoms with Gasteiger partial charge in [-0.25, -0.2) is 29.8 Å². The number of amides is 2. The number of halogens is 4. The summed E-state index contributed by atoms with van der Waals surface area (Å²) >= 11 is 6.00. The van der Waals surface area contributed by atoms with Gasteiger partial charge in [0, 0.05) is 28.3 Å². The summed E-state index contributed by atoms with van der Waals surface area (Å²) in [5.41, 5.74) is -1.28. The maximum absolute atomic E-state index is 13.6. The second kappa shape index (κ2) is 9.77. The van der Waals surface area contributed by atoms with E-state index in [2.05, 4.69) is 35.3 Å². The van der Waals surface area contributed by atoms with Crippen LogP contribution in [0.1, 0.15) is 50.0 Å². The third kappa shape index (κ3) is 4.94. The van der Waals surface area contributed by atoms with E-state index >= 15 is 0 Å². The summed E-state index contributed by atoms with van der Waals surface area (Å²) in [6.45, 7) is 1.71. The van der Waals surface area contributed by atoms with Gasteiger partial charge in [0.15, 0.2) is 11.6 Å². The Labute approximate surface area is 229 Å². The van der Waals surface area contributed by atoms with Crippen molar-refractivity contribution in [2.24, 2.45) is 11.8 Å². The van der Waals surface area contributed by atoms with E-state index in [-0.39, 0.29) is 57.0 Å². The zero-order chi connectivity index (χ0) is 28.2. The van der Waals surface area contributed by atoms with Crippen LogP contribution in [0.5, 0.6) is 0 Å². The van der Waals surface area contributed by atoms with Crippen LogP contribution >= 0.6 is 11.6 Å². The third-order valence-corrected chi connectivity index (χ3v) is 6.92. The molecule has 4 aromatic rings. The Morgan fingerprint density at radius 1 is 0.975 bits per heavy atom. The molecular weight excluding hydrogens is 551 g/mol. The minimum atomic E-state index is -4.67. The molecule has 0 radical (unpaired) electrons. The number of aromatic nitrogens is 7. The second-order valence-electron chi connectivity index (χ2n) is 9.76. The normalized spacial score (nSPS) is 16.1. The summed E-state index contributed by atoms with van der Waals surface area (Å²) in [7, 11) is 0. The van der Waals surface area contributed by atoms with Crippen LogP contribution in [-0.4, -0.2) is 46.5 Å². The molecule has 2 saturated carbocycles. The maximum atomic E-state index is 13.6. The first kappa shape index (κ1) is 26.0. The molecule has 40 heavy (non-hydrogen) atoms. The molecule has 3 aromatic heterocycles. The van der Waals surface area contributed by atoms with Gasteiger partial charge in [-0.05, 0) is 44.7 Å². The Balaban J connectivity index is 1.32. The Morgan fingerprint density at radius 2 is 1.65 bits per heavy atom. The van der Waals surface area contributed by atoms with Crippen molar-refractivity contribution < 1.29 is 22.8 Å². The van der Waals surface area contributed by atoms with E-state index in [0.29, 0.717) is 5.82 Å². The van der Waals surface area contributed by atoms with Gasteiger partial charge >= 0.3 is 6.18 Å². The van der Waals surface area contributed by atoms with Gasteiger partial charge < -0.3 is 5.32 Å². The fourth-order valence-corrected chi connectivity index (χ4v) is 4.61. The minimum Gasteiger partial charge on any atom is -0.360 e. The van der Waals surface area contributed by atoms with Gasteiger partial charge in [0.1, 0.15) is 30.6 Å². The molecular formula is C25H21ClF3N9O2. The molecule has 15 heteroatoms. The van der Waals surface area contributed by atoms with Crippen LogP contribution < -0.4 is 10.2 Å². The quantitative estimate of drug-likeness (QED) is 0.318. The molecule has 2 aliphatic rings. The Morgan fingerprint density at radius 3 is 2.30 bits per heavy atom. The average Bonchev–Trinajstić information content (AvgIpc) is 3.85. The number of nitrogens with one attached hydrogen (secondary N) is 1. The zero-order valence-electron chi connectivity index (χ0n) is 20.9. The van der Waals surface area contributed by atoms with E-state index in [4.69, 9.17) is 11.6 Å². The van der Waals surface area contributed by atoms with E-state index < -0.39 is 17.8 Å². The van der Waals surface area contributed by atoms with Crippen molar-refractivity contribution >= 4 is 46.0 Å². The Bertz CT molecular complexity index is 1610. The molecule has 11 nitrogen and oxygen atoms in total. The van der Waals surface area contributed by atoms with Gasteiger partial charge in [-0.15, -0.1) is 0 Å². The average molecular weight is 572 g/mol. The molecule has 2 amide bonds. The van der Waals surface area contributed by atoms with Crippen molar-refractivity contribution in [1.29, 1.82) is 0 Å². The monoisotopic (exact) mass is 571 g/mol. The summed E-state index contributed by atoms with van der Waals surface area (Å²) < 4.78 is 42.3. The molecule has 2 fully saturated rings. The van der Waals surface area contributed by atoms with Crippen molar-refractivity contribution in [1.82, 2.24) is 34.7 Å². The zero-order valence-corrected chi connectivity index (χ0v) is 21.7. The molecule has 0 bridgehead atoms. The number of fused-ring (bicyclic) bond motifs is 1. The van der Waals surface area contributed by atoms with Crippen LogP contribution in [0.3, 0.4) is 0 Å². The first-order chi connectivity index (χ1) is 19.1. The third-order valence-electron chi connectivity index (χ3n) is 6.70. The van der Waals surface area contributed by atoms with Crippen molar-refractivity contribution in [2.45, 2.75) is 44.8 Å². The number of alkyl halides is 3. The highest BCUT2D eigenvalue weighted by Gasteiger charge is 2.43. The number of benzene rings is 1. The highest BCUT2D eigenvalue weighted by Crippen LogP contribution is 2.39. The second-order valence-corrected chi connectivity index (χ2v) is 10.2. The summed E-state index contributed by atoms with van der Waals surface area (Å²) in [6, 6.07) is 3.02. The van der Waals surface area contributed by atoms with Crippen molar-refractivity contribution in [3.05, 3.63) is 53.6 Å². The highest BCUT2D eigenvalue weighted by atomic mass is 35.5. The molecule has 1 aromatic carbocycles. The largest absolute Gasteiger partial charge is 0.418 e. The van der Waals surface area contributed by atoms with Gasteiger partial charge in [-0.1, -0.05) is 11.6 Å². The first-order valence-corrected chi connectivity index (χ1v) is 12.9. The molecule has 1 atom stereocenters.